The molecule has 0 saturated heterocycles. The molecule has 0 radical (unpaired) electrons. The van der Waals surface area contributed by atoms with Gasteiger partial charge in [-0.05, 0) is 53.7 Å². The summed E-state index contributed by atoms with van der Waals surface area (Å²) in [5.74, 6) is 2.71. The number of aromatic nitrogens is 2. The molecule has 3 heterocycles. The molecule has 9 heteroatoms. The van der Waals surface area contributed by atoms with Crippen LogP contribution in [0.2, 0.25) is 0 Å². The van der Waals surface area contributed by atoms with E-state index in [0.717, 1.165) is 22.1 Å². The Bertz CT molecular complexity index is 1390. The molecule has 0 amide bonds. The summed E-state index contributed by atoms with van der Waals surface area (Å²) in [5, 5.41) is 1.30. The summed E-state index contributed by atoms with van der Waals surface area (Å²) in [6, 6.07) is 13.3. The van der Waals surface area contributed by atoms with E-state index in [9.17, 15) is 0 Å². The molecule has 1 aliphatic heterocycles. The molecule has 2 N–H and O–H groups in total. The van der Waals surface area contributed by atoms with Gasteiger partial charge >= 0.3 is 0 Å². The predicted octanol–water partition coefficient (Wildman–Crippen LogP) is 5.08. The van der Waals surface area contributed by atoms with Crippen molar-refractivity contribution >= 4 is 39.6 Å². The first kappa shape index (κ1) is 19.5. The molecule has 0 unspecified atom stereocenters. The van der Waals surface area contributed by atoms with Crippen LogP contribution in [0.25, 0.3) is 33.4 Å². The van der Waals surface area contributed by atoms with Crippen molar-refractivity contribution in [2.24, 2.45) is 0 Å². The molecule has 4 aromatic rings. The van der Waals surface area contributed by atoms with Gasteiger partial charge in [0.15, 0.2) is 21.1 Å². The Morgan fingerprint density at radius 3 is 2.61 bits per heavy atom. The van der Waals surface area contributed by atoms with Crippen LogP contribution >= 0.6 is 23.6 Å². The Labute approximate surface area is 187 Å². The summed E-state index contributed by atoms with van der Waals surface area (Å²) >= 11 is 6.56. The van der Waals surface area contributed by atoms with E-state index in [2.05, 4.69) is 4.98 Å². The van der Waals surface area contributed by atoms with Crippen LogP contribution in [0.15, 0.2) is 42.5 Å². The van der Waals surface area contributed by atoms with Crippen molar-refractivity contribution in [3.63, 3.8) is 0 Å². The first-order valence-corrected chi connectivity index (χ1v) is 10.5. The highest BCUT2D eigenvalue weighted by atomic mass is 32.1. The van der Waals surface area contributed by atoms with Crippen molar-refractivity contribution in [1.29, 1.82) is 0 Å². The number of pyridine rings is 1. The fraction of sp³-hybridized carbons (Fsp3) is 0.136. The van der Waals surface area contributed by atoms with Gasteiger partial charge in [-0.1, -0.05) is 17.4 Å². The van der Waals surface area contributed by atoms with E-state index in [1.165, 1.54) is 11.3 Å². The molecule has 2 aromatic carbocycles. The predicted molar refractivity (Wildman–Crippen MR) is 123 cm³/mol. The van der Waals surface area contributed by atoms with Crippen LogP contribution in [0.1, 0.15) is 0 Å². The van der Waals surface area contributed by atoms with Gasteiger partial charge in [0.1, 0.15) is 16.5 Å². The molecule has 31 heavy (non-hydrogen) atoms. The van der Waals surface area contributed by atoms with E-state index in [1.54, 1.807) is 14.2 Å². The first-order valence-electron chi connectivity index (χ1n) is 9.31. The zero-order chi connectivity index (χ0) is 21.5. The van der Waals surface area contributed by atoms with Crippen LogP contribution in [0.3, 0.4) is 0 Å². The van der Waals surface area contributed by atoms with Crippen molar-refractivity contribution in [1.82, 2.24) is 9.97 Å². The van der Waals surface area contributed by atoms with E-state index < -0.39 is 0 Å². The third kappa shape index (κ3) is 3.41. The molecule has 0 spiro atoms. The Morgan fingerprint density at radius 2 is 1.81 bits per heavy atom. The average Bonchev–Trinajstić information content (AvgIpc) is 3.25. The smallest absolute Gasteiger partial charge is 0.231 e. The van der Waals surface area contributed by atoms with Crippen LogP contribution in [0, 0.1) is 3.95 Å². The van der Waals surface area contributed by atoms with Gasteiger partial charge in [0, 0.05) is 11.6 Å². The highest BCUT2D eigenvalue weighted by Crippen LogP contribution is 2.42. The lowest BCUT2D eigenvalue weighted by Crippen LogP contribution is -1.97. The monoisotopic (exact) mass is 451 g/mol. The first-order chi connectivity index (χ1) is 15.1. The summed E-state index contributed by atoms with van der Waals surface area (Å²) in [6.07, 6.45) is 0. The molecular weight excluding hydrogens is 434 g/mol. The third-order valence-electron chi connectivity index (χ3n) is 5.01. The van der Waals surface area contributed by atoms with Crippen LogP contribution in [0.4, 0.5) is 5.00 Å². The Morgan fingerprint density at radius 1 is 0.968 bits per heavy atom. The largest absolute Gasteiger partial charge is 0.497 e. The number of hydrogen-bond acceptors (Lipinski definition) is 9. The molecule has 0 aliphatic carbocycles. The van der Waals surface area contributed by atoms with Gasteiger partial charge in [-0.2, -0.15) is 0 Å². The number of nitrogens with zero attached hydrogens (tertiary/aromatic N) is 2. The molecule has 156 valence electrons. The van der Waals surface area contributed by atoms with Gasteiger partial charge in [0.05, 0.1) is 25.3 Å². The van der Waals surface area contributed by atoms with Crippen LogP contribution in [-0.2, 0) is 0 Å². The molecular formula is C22H17N3O4S2. The SMILES string of the molecule is COc1ccc(-c2cc(-c3ccc4c(c3)OCO4)c3c(N)sc(=S)nc3n2)c(OC)c1. The molecule has 0 bridgehead atoms. The van der Waals surface area contributed by atoms with Gasteiger partial charge in [-0.15, -0.1) is 0 Å². The fourth-order valence-corrected chi connectivity index (χ4v) is 4.53. The van der Waals surface area contributed by atoms with E-state index in [0.29, 0.717) is 43.3 Å². The summed E-state index contributed by atoms with van der Waals surface area (Å²) in [5.41, 5.74) is 10.1. The maximum atomic E-state index is 6.37. The molecule has 0 fully saturated rings. The minimum atomic E-state index is 0.204. The zero-order valence-corrected chi connectivity index (χ0v) is 18.3. The van der Waals surface area contributed by atoms with Crippen molar-refractivity contribution in [3.05, 3.63) is 46.4 Å². The standard InChI is InChI=1S/C22H17N3O4S2/c1-26-12-4-5-13(17(8-12)27-2)15-9-14(11-3-6-16-18(7-11)29-10-28-16)19-20(23)31-22(30)25-21(19)24-15/h3-9H,10,23H2,1-2H3. The van der Waals surface area contributed by atoms with Gasteiger partial charge in [0.2, 0.25) is 6.79 Å². The zero-order valence-electron chi connectivity index (χ0n) is 16.7. The summed E-state index contributed by atoms with van der Waals surface area (Å²) < 4.78 is 22.3. The lowest BCUT2D eigenvalue weighted by atomic mass is 9.99. The fourth-order valence-electron chi connectivity index (χ4n) is 3.55. The second-order valence-corrected chi connectivity index (χ2v) is 8.41. The minimum Gasteiger partial charge on any atom is -0.497 e. The number of methoxy groups -OCH3 is 2. The van der Waals surface area contributed by atoms with E-state index >= 15 is 0 Å². The van der Waals surface area contributed by atoms with Crippen molar-refractivity contribution in [3.8, 4) is 45.4 Å². The van der Waals surface area contributed by atoms with Gasteiger partial charge < -0.3 is 24.7 Å². The van der Waals surface area contributed by atoms with Gasteiger partial charge in [-0.25, -0.2) is 9.97 Å². The number of benzene rings is 2. The summed E-state index contributed by atoms with van der Waals surface area (Å²) in [6.45, 7) is 0.204. The summed E-state index contributed by atoms with van der Waals surface area (Å²) in [7, 11) is 3.22. The number of rotatable bonds is 4. The van der Waals surface area contributed by atoms with Crippen molar-refractivity contribution in [2.75, 3.05) is 26.7 Å². The highest BCUT2D eigenvalue weighted by Gasteiger charge is 2.19. The molecule has 5 rings (SSSR count). The number of fused-ring (bicyclic) bond motifs is 2. The topological polar surface area (TPSA) is 88.7 Å². The minimum absolute atomic E-state index is 0.204. The molecule has 0 atom stereocenters. The summed E-state index contributed by atoms with van der Waals surface area (Å²) in [4.78, 5) is 9.25. The second kappa shape index (κ2) is 7.68. The van der Waals surface area contributed by atoms with E-state index in [4.69, 9.17) is 41.9 Å². The maximum absolute atomic E-state index is 6.37. The third-order valence-corrected chi connectivity index (χ3v) is 6.04. The van der Waals surface area contributed by atoms with Gasteiger partial charge in [0.25, 0.3) is 0 Å². The van der Waals surface area contributed by atoms with Crippen LogP contribution in [-0.4, -0.2) is 31.0 Å². The quantitative estimate of drug-likeness (QED) is 0.430. The number of anilines is 1. The average molecular weight is 452 g/mol. The highest BCUT2D eigenvalue weighted by molar-refractivity contribution is 7.73. The van der Waals surface area contributed by atoms with Crippen LogP contribution in [0.5, 0.6) is 23.0 Å². The Hall–Kier alpha value is -3.43. The Kier molecular flexibility index (Phi) is 4.84. The lowest BCUT2D eigenvalue weighted by Gasteiger charge is -2.14. The molecule has 2 aromatic heterocycles. The second-order valence-electron chi connectivity index (χ2n) is 6.73. The van der Waals surface area contributed by atoms with Crippen LogP contribution < -0.4 is 24.7 Å². The maximum Gasteiger partial charge on any atom is 0.231 e. The number of hydrogen-bond donors (Lipinski definition) is 1. The molecule has 0 saturated carbocycles. The number of ether oxygens (including phenoxy) is 4. The normalized spacial score (nSPS) is 12.2. The lowest BCUT2D eigenvalue weighted by molar-refractivity contribution is 0.174. The van der Waals surface area contributed by atoms with Crippen molar-refractivity contribution < 1.29 is 18.9 Å². The van der Waals surface area contributed by atoms with Crippen molar-refractivity contribution in [2.45, 2.75) is 0 Å². The molecule has 7 nitrogen and oxygen atoms in total. The molecule has 1 aliphatic rings. The van der Waals surface area contributed by atoms with Gasteiger partial charge in [-0.3, -0.25) is 0 Å². The number of nitrogen functional groups attached to an aromatic ring is 1. The van der Waals surface area contributed by atoms with E-state index in [-0.39, 0.29) is 6.79 Å². The number of nitrogens with two attached hydrogens (primary N) is 1. The Balaban J connectivity index is 1.80. The van der Waals surface area contributed by atoms with E-state index in [1.807, 2.05) is 42.5 Å².